The van der Waals surface area contributed by atoms with E-state index >= 15 is 0 Å². The van der Waals surface area contributed by atoms with Gasteiger partial charge in [0.25, 0.3) is 0 Å². The minimum absolute atomic E-state index is 0.0557. The molecule has 18 heavy (non-hydrogen) atoms. The second kappa shape index (κ2) is 4.75. The van der Waals surface area contributed by atoms with Crippen LogP contribution in [0.3, 0.4) is 0 Å². The van der Waals surface area contributed by atoms with Crippen molar-refractivity contribution in [1.29, 1.82) is 0 Å². The predicted molar refractivity (Wildman–Crippen MR) is 75.4 cm³/mol. The van der Waals surface area contributed by atoms with Gasteiger partial charge in [0.15, 0.2) is 0 Å². The summed E-state index contributed by atoms with van der Waals surface area (Å²) in [5.41, 5.74) is 5.73. The summed E-state index contributed by atoms with van der Waals surface area (Å²) in [6, 6.07) is 0. The van der Waals surface area contributed by atoms with Gasteiger partial charge in [0, 0.05) is 0 Å². The number of allylic oxidation sites excluding steroid dienone is 1. The van der Waals surface area contributed by atoms with E-state index in [4.69, 9.17) is 9.31 Å². The molecule has 3 aliphatic rings. The molecule has 2 N–H and O–H groups in total. The Hall–Kier alpha value is 0.945. The quantitative estimate of drug-likeness (QED) is 0.219. The first-order valence-corrected chi connectivity index (χ1v) is 9.69. The Kier molecular flexibility index (Phi) is 3.67. The van der Waals surface area contributed by atoms with Crippen molar-refractivity contribution in [3.8, 4) is 0 Å². The first kappa shape index (κ1) is 13.9. The number of rotatable bonds is 1. The number of nitrogens with one attached hydrogen (secondary N) is 2. The molecule has 3 rings (SSSR count). The normalized spacial score (nSPS) is 39.3. The number of hydrazine groups is 1. The molecule has 0 radical (unpaired) electrons. The molecular formula is C11H18BI2N2O2-. The fourth-order valence-corrected chi connectivity index (χ4v) is 5.09. The van der Waals surface area contributed by atoms with Crippen LogP contribution in [0.25, 0.3) is 0 Å². The van der Waals surface area contributed by atoms with Crippen LogP contribution in [0.4, 0.5) is 0 Å². The predicted octanol–water partition coefficient (Wildman–Crippen LogP) is -1.09. The molecule has 0 amide bonds. The van der Waals surface area contributed by atoms with Crippen LogP contribution in [-0.4, -0.2) is 20.3 Å². The zero-order valence-electron chi connectivity index (χ0n) is 10.8. The van der Waals surface area contributed by atoms with Crippen molar-refractivity contribution >= 4 is 29.7 Å². The van der Waals surface area contributed by atoms with E-state index in [2.05, 4.69) is 52.4 Å². The van der Waals surface area contributed by atoms with Crippen LogP contribution in [0.2, 0.25) is 0 Å². The average molecular weight is 475 g/mol. The molecular weight excluding hydrogens is 457 g/mol. The fraction of sp³-hybridized carbons (Fsp3) is 0.818. The van der Waals surface area contributed by atoms with Crippen molar-refractivity contribution < 1.29 is 30.8 Å². The summed E-state index contributed by atoms with van der Waals surface area (Å²) >= 11 is 2.40. The zero-order valence-corrected chi connectivity index (χ0v) is 15.2. The second-order valence-electron chi connectivity index (χ2n) is 5.68. The van der Waals surface area contributed by atoms with Gasteiger partial charge in [-0.3, -0.25) is 0 Å². The molecule has 4 nitrogen and oxygen atoms in total. The first-order valence-electron chi connectivity index (χ1n) is 6.29. The summed E-state index contributed by atoms with van der Waals surface area (Å²) in [5.74, 6) is 0. The summed E-state index contributed by atoms with van der Waals surface area (Å²) in [5, 5.41) is 0. The molecule has 2 bridgehead atoms. The third-order valence-electron chi connectivity index (χ3n) is 4.04. The molecule has 2 fully saturated rings. The van der Waals surface area contributed by atoms with Gasteiger partial charge in [-0.15, -0.1) is 0 Å². The molecule has 1 unspecified atom stereocenters. The molecule has 0 aromatic heterocycles. The van der Waals surface area contributed by atoms with Gasteiger partial charge in [-0.05, 0) is 0 Å². The van der Waals surface area contributed by atoms with E-state index in [1.54, 1.807) is 0 Å². The molecule has 0 aromatic carbocycles. The number of hydrogen-bond acceptors (Lipinski definition) is 4. The van der Waals surface area contributed by atoms with Gasteiger partial charge in [0.05, 0.1) is 0 Å². The molecule has 0 spiro atoms. The Bertz CT molecular complexity index is 385. The molecule has 1 saturated heterocycles. The van der Waals surface area contributed by atoms with Gasteiger partial charge in [0.2, 0.25) is 0 Å². The molecule has 2 heterocycles. The van der Waals surface area contributed by atoms with Gasteiger partial charge in [-0.2, -0.15) is 0 Å². The molecule has 1 aliphatic carbocycles. The van der Waals surface area contributed by atoms with E-state index in [1.807, 2.05) is 0 Å². The molecule has 7 heteroatoms. The monoisotopic (exact) mass is 475 g/mol. The van der Waals surface area contributed by atoms with E-state index in [0.717, 1.165) is 9.52 Å². The first-order chi connectivity index (χ1) is 8.39. The van der Waals surface area contributed by atoms with Crippen molar-refractivity contribution in [3.63, 3.8) is 0 Å². The summed E-state index contributed by atoms with van der Waals surface area (Å²) in [7, 11) is -0.245. The second-order valence-corrected chi connectivity index (χ2v) is 10.7. The SMILES string of the molecule is CC1(C)OB(C2=C3CC[C@H](C3)[I-]NN2)OC1(C)I. The van der Waals surface area contributed by atoms with Gasteiger partial charge >= 0.3 is 134 Å². The van der Waals surface area contributed by atoms with Crippen LogP contribution in [0.5, 0.6) is 0 Å². The van der Waals surface area contributed by atoms with E-state index < -0.39 is 0 Å². The summed E-state index contributed by atoms with van der Waals surface area (Å²) in [4.78, 5) is 0. The zero-order chi connectivity index (χ0) is 13.0. The number of alkyl halides is 2. The third-order valence-corrected chi connectivity index (χ3v) is 8.12. The fourth-order valence-electron chi connectivity index (χ4n) is 2.47. The van der Waals surface area contributed by atoms with Crippen molar-refractivity contribution in [2.24, 2.45) is 0 Å². The van der Waals surface area contributed by atoms with Crippen LogP contribution >= 0.6 is 22.6 Å². The Balaban J connectivity index is 1.86. The van der Waals surface area contributed by atoms with Crippen molar-refractivity contribution in [1.82, 2.24) is 9.06 Å². The molecule has 2 atom stereocenters. The molecule has 2 aliphatic heterocycles. The Morgan fingerprint density at radius 2 is 2.17 bits per heavy atom. The van der Waals surface area contributed by atoms with E-state index in [9.17, 15) is 0 Å². The van der Waals surface area contributed by atoms with Crippen LogP contribution < -0.4 is 30.5 Å². The molecule has 1 saturated carbocycles. The third kappa shape index (κ3) is 2.34. The number of halogens is 2. The Morgan fingerprint density at radius 1 is 1.39 bits per heavy atom. The summed E-state index contributed by atoms with van der Waals surface area (Å²) < 4.78 is 16.2. The van der Waals surface area contributed by atoms with E-state index in [-0.39, 0.29) is 37.8 Å². The van der Waals surface area contributed by atoms with Crippen molar-refractivity contribution in [2.45, 2.75) is 53.2 Å². The van der Waals surface area contributed by atoms with Crippen LogP contribution in [0.15, 0.2) is 11.2 Å². The van der Waals surface area contributed by atoms with Gasteiger partial charge < -0.3 is 0 Å². The number of fused-ring (bicyclic) bond motifs is 2. The topological polar surface area (TPSA) is 42.5 Å². The summed E-state index contributed by atoms with van der Waals surface area (Å²) in [6.07, 6.45) is 3.76. The van der Waals surface area contributed by atoms with Crippen molar-refractivity contribution in [2.75, 3.05) is 0 Å². The Labute approximate surface area is 133 Å². The maximum atomic E-state index is 6.13. The molecule has 0 aromatic rings. The molecule has 102 valence electrons. The minimum atomic E-state index is -0.288. The average Bonchev–Trinajstić information content (AvgIpc) is 2.66. The van der Waals surface area contributed by atoms with Crippen LogP contribution in [-0.2, 0) is 9.31 Å². The van der Waals surface area contributed by atoms with E-state index in [0.29, 0.717) is 0 Å². The van der Waals surface area contributed by atoms with Crippen molar-refractivity contribution in [3.05, 3.63) is 11.2 Å². The van der Waals surface area contributed by atoms with Crippen LogP contribution in [0, 0.1) is 0 Å². The Morgan fingerprint density at radius 3 is 2.83 bits per heavy atom. The maximum absolute atomic E-state index is 6.13. The van der Waals surface area contributed by atoms with Gasteiger partial charge in [0.1, 0.15) is 0 Å². The van der Waals surface area contributed by atoms with Crippen LogP contribution in [0.1, 0.15) is 40.0 Å². The van der Waals surface area contributed by atoms with E-state index in [1.165, 1.54) is 24.8 Å². The standard InChI is InChI=1S/C11H18BI2N2O2/c1-10(2)11(3,13)18-12(17-10)9-7-4-5-8(6-7)14-16-15-9/h8,15-16H,4-6H2,1-3H3/q-1/t8-,11?/m1/s1. The van der Waals surface area contributed by atoms with Gasteiger partial charge in [-0.25, -0.2) is 0 Å². The van der Waals surface area contributed by atoms with Gasteiger partial charge in [-0.1, -0.05) is 0 Å². The summed E-state index contributed by atoms with van der Waals surface area (Å²) in [6.45, 7) is 6.28. The number of hydrogen-bond donors (Lipinski definition) is 2.